The van der Waals surface area contributed by atoms with Gasteiger partial charge in [0.2, 0.25) is 11.8 Å². The Morgan fingerprint density at radius 2 is 1.55 bits per heavy atom. The molecular weight excluding hydrogens is 502 g/mol. The second-order valence-corrected chi connectivity index (χ2v) is 10.7. The van der Waals surface area contributed by atoms with Crippen molar-refractivity contribution in [3.8, 4) is 5.75 Å². The lowest BCUT2D eigenvalue weighted by Crippen LogP contribution is -2.52. The quantitative estimate of drug-likeness (QED) is 0.375. The topological polar surface area (TPSA) is 96.0 Å². The van der Waals surface area contributed by atoms with Crippen LogP contribution < -0.4 is 14.4 Å². The van der Waals surface area contributed by atoms with Gasteiger partial charge in [0, 0.05) is 13.1 Å². The Hall–Kier alpha value is -3.85. The normalized spacial score (nSPS) is 11.9. The molecule has 0 saturated heterocycles. The maximum Gasteiger partial charge on any atom is 0.264 e. The third-order valence-electron chi connectivity index (χ3n) is 6.18. The van der Waals surface area contributed by atoms with E-state index < -0.39 is 28.5 Å². The van der Waals surface area contributed by atoms with Crippen molar-refractivity contribution in [2.24, 2.45) is 0 Å². The van der Waals surface area contributed by atoms with Crippen LogP contribution >= 0.6 is 0 Å². The van der Waals surface area contributed by atoms with Crippen LogP contribution in [0.5, 0.6) is 5.75 Å². The van der Waals surface area contributed by atoms with Gasteiger partial charge in [0.15, 0.2) is 0 Å². The number of nitrogens with zero attached hydrogens (tertiary/aromatic N) is 2. The molecule has 3 aromatic rings. The van der Waals surface area contributed by atoms with Crippen LogP contribution in [0.25, 0.3) is 0 Å². The second kappa shape index (κ2) is 13.1. The number of benzene rings is 3. The number of methoxy groups -OCH3 is 1. The Balaban J connectivity index is 2.02. The lowest BCUT2D eigenvalue weighted by molar-refractivity contribution is -0.140. The van der Waals surface area contributed by atoms with Gasteiger partial charge in [-0.2, -0.15) is 0 Å². The van der Waals surface area contributed by atoms with Crippen molar-refractivity contribution in [2.45, 2.75) is 44.7 Å². The van der Waals surface area contributed by atoms with E-state index in [9.17, 15) is 18.0 Å². The van der Waals surface area contributed by atoms with Crippen LogP contribution in [-0.2, 0) is 26.2 Å². The molecule has 0 aromatic heterocycles. The molecule has 0 spiro atoms. The highest BCUT2D eigenvalue weighted by Gasteiger charge is 2.33. The zero-order chi connectivity index (χ0) is 27.7. The van der Waals surface area contributed by atoms with E-state index in [0.29, 0.717) is 24.4 Å². The van der Waals surface area contributed by atoms with Gasteiger partial charge in [-0.25, -0.2) is 8.42 Å². The van der Waals surface area contributed by atoms with Gasteiger partial charge < -0.3 is 15.0 Å². The van der Waals surface area contributed by atoms with Crippen molar-refractivity contribution in [1.29, 1.82) is 0 Å². The molecule has 8 nitrogen and oxygen atoms in total. The van der Waals surface area contributed by atoms with Crippen molar-refractivity contribution >= 4 is 27.5 Å². The minimum absolute atomic E-state index is 0.0239. The molecule has 2 amide bonds. The highest BCUT2D eigenvalue weighted by molar-refractivity contribution is 7.92. The number of ether oxygens (including phenoxy) is 1. The fourth-order valence-corrected chi connectivity index (χ4v) is 5.51. The first-order valence-corrected chi connectivity index (χ1v) is 14.0. The van der Waals surface area contributed by atoms with Crippen molar-refractivity contribution in [3.63, 3.8) is 0 Å². The molecule has 0 aliphatic carbocycles. The molecule has 1 N–H and O–H groups in total. The van der Waals surface area contributed by atoms with Crippen molar-refractivity contribution in [2.75, 3.05) is 24.5 Å². The van der Waals surface area contributed by atoms with Crippen LogP contribution in [0.1, 0.15) is 31.4 Å². The fourth-order valence-electron chi connectivity index (χ4n) is 4.10. The van der Waals surface area contributed by atoms with E-state index in [1.54, 1.807) is 42.5 Å². The number of hydrogen-bond donors (Lipinski definition) is 1. The summed E-state index contributed by atoms with van der Waals surface area (Å²) in [6.07, 6.45) is 0.375. The molecule has 1 atom stereocenters. The summed E-state index contributed by atoms with van der Waals surface area (Å²) in [5.74, 6) is -0.243. The molecule has 0 radical (unpaired) electrons. The van der Waals surface area contributed by atoms with Crippen LogP contribution in [0.3, 0.4) is 0 Å². The molecular formula is C29H35N3O5S. The van der Waals surface area contributed by atoms with E-state index >= 15 is 0 Å². The summed E-state index contributed by atoms with van der Waals surface area (Å²) < 4.78 is 33.8. The monoisotopic (exact) mass is 537 g/mol. The molecule has 0 unspecified atom stereocenters. The highest BCUT2D eigenvalue weighted by Crippen LogP contribution is 2.26. The van der Waals surface area contributed by atoms with E-state index in [-0.39, 0.29) is 17.3 Å². The maximum absolute atomic E-state index is 13.9. The van der Waals surface area contributed by atoms with E-state index in [0.717, 1.165) is 15.4 Å². The summed E-state index contributed by atoms with van der Waals surface area (Å²) in [6, 6.07) is 21.4. The van der Waals surface area contributed by atoms with Gasteiger partial charge in [0.1, 0.15) is 18.3 Å². The largest absolute Gasteiger partial charge is 0.497 e. The average molecular weight is 538 g/mol. The maximum atomic E-state index is 13.9. The number of para-hydroxylation sites is 1. The lowest BCUT2D eigenvalue weighted by atomic mass is 10.1. The Bertz CT molecular complexity index is 1310. The number of nitrogens with one attached hydrogen (secondary N) is 1. The number of aryl methyl sites for hydroxylation is 1. The summed E-state index contributed by atoms with van der Waals surface area (Å²) in [6.45, 7) is 5.73. The van der Waals surface area contributed by atoms with Crippen LogP contribution in [0.15, 0.2) is 83.8 Å². The number of carbonyl (C=O) groups excluding carboxylic acids is 2. The molecule has 0 fully saturated rings. The van der Waals surface area contributed by atoms with Crippen LogP contribution in [0.2, 0.25) is 0 Å². The summed E-state index contributed by atoms with van der Waals surface area (Å²) in [5.41, 5.74) is 2.26. The number of hydrogen-bond acceptors (Lipinski definition) is 5. The molecule has 202 valence electrons. The molecule has 0 aliphatic rings. The molecule has 0 aliphatic heterocycles. The number of rotatable bonds is 12. The standard InChI is InChI=1S/C29H35N3O5S/c1-5-27(29(34)30-6-2)31(20-23-14-12-22(3)13-15-23)28(33)21-32(24-10-8-7-9-11-24)38(35,36)26-18-16-25(37-4)17-19-26/h7-19,27H,5-6,20-21H2,1-4H3,(H,30,34)/t27-/m1/s1. The van der Waals surface area contributed by atoms with Gasteiger partial charge in [0.25, 0.3) is 10.0 Å². The predicted molar refractivity (Wildman–Crippen MR) is 148 cm³/mol. The lowest BCUT2D eigenvalue weighted by Gasteiger charge is -2.33. The number of sulfonamides is 1. The van der Waals surface area contributed by atoms with Gasteiger partial charge in [0.05, 0.1) is 17.7 Å². The second-order valence-electron chi connectivity index (χ2n) is 8.85. The number of amides is 2. The molecule has 3 aromatic carbocycles. The van der Waals surface area contributed by atoms with Crippen molar-refractivity contribution in [3.05, 3.63) is 90.0 Å². The van der Waals surface area contributed by atoms with E-state index in [4.69, 9.17) is 4.74 Å². The highest BCUT2D eigenvalue weighted by atomic mass is 32.2. The summed E-state index contributed by atoms with van der Waals surface area (Å²) in [7, 11) is -2.62. The smallest absolute Gasteiger partial charge is 0.264 e. The predicted octanol–water partition coefficient (Wildman–Crippen LogP) is 4.14. The van der Waals surface area contributed by atoms with Gasteiger partial charge >= 0.3 is 0 Å². The number of anilines is 1. The molecule has 0 saturated carbocycles. The molecule has 9 heteroatoms. The molecule has 0 bridgehead atoms. The molecule has 38 heavy (non-hydrogen) atoms. The Morgan fingerprint density at radius 3 is 2.11 bits per heavy atom. The van der Waals surface area contributed by atoms with Crippen LogP contribution in [-0.4, -0.2) is 51.4 Å². The summed E-state index contributed by atoms with van der Waals surface area (Å²) in [4.78, 5) is 28.3. The van der Waals surface area contributed by atoms with E-state index in [1.165, 1.54) is 24.1 Å². The van der Waals surface area contributed by atoms with Crippen molar-refractivity contribution < 1.29 is 22.7 Å². The minimum Gasteiger partial charge on any atom is -0.497 e. The van der Waals surface area contributed by atoms with Gasteiger partial charge in [-0.15, -0.1) is 0 Å². The average Bonchev–Trinajstić information content (AvgIpc) is 2.93. The third-order valence-corrected chi connectivity index (χ3v) is 7.97. The summed E-state index contributed by atoms with van der Waals surface area (Å²) in [5, 5.41) is 2.80. The zero-order valence-electron chi connectivity index (χ0n) is 22.3. The Morgan fingerprint density at radius 1 is 0.921 bits per heavy atom. The SMILES string of the molecule is CCNC(=O)[C@@H](CC)N(Cc1ccc(C)cc1)C(=O)CN(c1ccccc1)S(=O)(=O)c1ccc(OC)cc1. The van der Waals surface area contributed by atoms with Gasteiger partial charge in [-0.1, -0.05) is 55.0 Å². The number of likely N-dealkylation sites (N-methyl/N-ethyl adjacent to an activating group) is 1. The Kier molecular flexibility index (Phi) is 9.90. The van der Waals surface area contributed by atoms with Crippen LogP contribution in [0.4, 0.5) is 5.69 Å². The third kappa shape index (κ3) is 6.92. The fraction of sp³-hybridized carbons (Fsp3) is 0.310. The van der Waals surface area contributed by atoms with Crippen molar-refractivity contribution in [1.82, 2.24) is 10.2 Å². The van der Waals surface area contributed by atoms with E-state index in [2.05, 4.69) is 5.32 Å². The van der Waals surface area contributed by atoms with Gasteiger partial charge in [-0.05, 0) is 62.2 Å². The zero-order valence-corrected chi connectivity index (χ0v) is 23.1. The molecule has 3 rings (SSSR count). The first-order chi connectivity index (χ1) is 18.2. The number of carbonyl (C=O) groups is 2. The minimum atomic E-state index is -4.12. The first kappa shape index (κ1) is 28.7. The first-order valence-electron chi connectivity index (χ1n) is 12.6. The van der Waals surface area contributed by atoms with E-state index in [1.807, 2.05) is 45.0 Å². The van der Waals surface area contributed by atoms with Crippen LogP contribution in [0, 0.1) is 6.92 Å². The molecule has 0 heterocycles. The van der Waals surface area contributed by atoms with Gasteiger partial charge in [-0.3, -0.25) is 13.9 Å². The summed E-state index contributed by atoms with van der Waals surface area (Å²) >= 11 is 0. The Labute approximate surface area is 225 Å².